The molecule has 0 saturated carbocycles. The van der Waals surface area contributed by atoms with E-state index in [4.69, 9.17) is 16.3 Å². The lowest BCUT2D eigenvalue weighted by atomic mass is 10.2. The average molecular weight is 315 g/mol. The van der Waals surface area contributed by atoms with E-state index in [2.05, 4.69) is 9.97 Å². The summed E-state index contributed by atoms with van der Waals surface area (Å²) in [6.07, 6.45) is -1.13. The predicted octanol–water partition coefficient (Wildman–Crippen LogP) is 4.97. The molecule has 1 aromatic heterocycles. The number of aromatic nitrogens is 2. The molecule has 1 heterocycles. The number of para-hydroxylation sites is 1. The molecule has 0 unspecified atom stereocenters. The van der Waals surface area contributed by atoms with Crippen molar-refractivity contribution in [1.29, 1.82) is 0 Å². The van der Waals surface area contributed by atoms with Crippen LogP contribution < -0.4 is 4.74 Å². The Balaban J connectivity index is 2.38. The van der Waals surface area contributed by atoms with Crippen LogP contribution in [0.4, 0.5) is 13.2 Å². The second-order valence-electron chi connectivity index (χ2n) is 3.99. The molecule has 0 N–H and O–H groups in total. The topological polar surface area (TPSA) is 35.0 Å². The Morgan fingerprint density at radius 2 is 1.90 bits per heavy atom. The zero-order valence-corrected chi connectivity index (χ0v) is 11.6. The van der Waals surface area contributed by atoms with Gasteiger partial charge in [0.15, 0.2) is 0 Å². The van der Waals surface area contributed by atoms with Crippen LogP contribution in [0.3, 0.4) is 0 Å². The minimum atomic E-state index is -4.69. The molecule has 21 heavy (non-hydrogen) atoms. The second-order valence-corrected chi connectivity index (χ2v) is 4.38. The minimum absolute atomic E-state index is 0.265. The minimum Gasteiger partial charge on any atom is -0.438 e. The largest absolute Gasteiger partial charge is 0.451 e. The van der Waals surface area contributed by atoms with Crippen LogP contribution >= 0.6 is 11.6 Å². The van der Waals surface area contributed by atoms with Crippen molar-refractivity contribution < 1.29 is 17.9 Å². The maximum Gasteiger partial charge on any atom is 0.451 e. The van der Waals surface area contributed by atoms with Crippen molar-refractivity contribution in [3.05, 3.63) is 52.9 Å². The van der Waals surface area contributed by atoms with Gasteiger partial charge in [-0.15, -0.1) is 0 Å². The quantitative estimate of drug-likeness (QED) is 0.750. The van der Waals surface area contributed by atoms with Gasteiger partial charge in [0, 0.05) is 11.6 Å². The number of alkyl halides is 3. The van der Waals surface area contributed by atoms with Gasteiger partial charge in [0.1, 0.15) is 10.9 Å². The monoisotopic (exact) mass is 314 g/mol. The van der Waals surface area contributed by atoms with E-state index in [0.717, 1.165) is 6.07 Å². The number of rotatable bonds is 3. The summed E-state index contributed by atoms with van der Waals surface area (Å²) in [4.78, 5) is 6.48. The van der Waals surface area contributed by atoms with Gasteiger partial charge in [0.25, 0.3) is 0 Å². The highest BCUT2D eigenvalue weighted by Gasteiger charge is 2.35. The van der Waals surface area contributed by atoms with E-state index in [1.165, 1.54) is 0 Å². The summed E-state index contributed by atoms with van der Waals surface area (Å²) in [5.74, 6) is -1.23. The first-order chi connectivity index (χ1) is 9.90. The van der Waals surface area contributed by atoms with Crippen LogP contribution in [0.15, 0.2) is 36.4 Å². The number of ether oxygens (including phenoxy) is 1. The standard InChI is InChI=1S/C14H10ClF3N2O/c1-2-5-9-6-3-4-7-10(9)21-12-8-11(15)19-13(20-12)14(16,17)18/h2-8H,1H3/b5-2+. The molecule has 3 nitrogen and oxygen atoms in total. The number of nitrogens with zero attached hydrogens (tertiary/aromatic N) is 2. The van der Waals surface area contributed by atoms with Crippen molar-refractivity contribution in [2.24, 2.45) is 0 Å². The van der Waals surface area contributed by atoms with Crippen molar-refractivity contribution in [1.82, 2.24) is 9.97 Å². The third-order valence-corrected chi connectivity index (χ3v) is 2.60. The Hall–Kier alpha value is -2.08. The van der Waals surface area contributed by atoms with E-state index in [-0.39, 0.29) is 11.0 Å². The molecule has 0 aliphatic heterocycles. The summed E-state index contributed by atoms with van der Waals surface area (Å²) >= 11 is 5.58. The Morgan fingerprint density at radius 3 is 2.57 bits per heavy atom. The Kier molecular flexibility index (Phi) is 4.47. The number of hydrogen-bond acceptors (Lipinski definition) is 3. The van der Waals surface area contributed by atoms with Gasteiger partial charge in [-0.1, -0.05) is 42.0 Å². The lowest BCUT2D eigenvalue weighted by Crippen LogP contribution is -2.11. The molecule has 0 aliphatic rings. The number of halogens is 4. The maximum atomic E-state index is 12.6. The highest BCUT2D eigenvalue weighted by Crippen LogP contribution is 2.31. The van der Waals surface area contributed by atoms with Crippen LogP contribution in [0, 0.1) is 0 Å². The summed E-state index contributed by atoms with van der Waals surface area (Å²) in [6, 6.07) is 8.01. The summed E-state index contributed by atoms with van der Waals surface area (Å²) in [5, 5.41) is -0.337. The highest BCUT2D eigenvalue weighted by atomic mass is 35.5. The van der Waals surface area contributed by atoms with E-state index in [0.29, 0.717) is 11.3 Å². The third-order valence-electron chi connectivity index (χ3n) is 2.40. The third kappa shape index (κ3) is 3.95. The maximum absolute atomic E-state index is 12.6. The van der Waals surface area contributed by atoms with E-state index in [9.17, 15) is 13.2 Å². The number of benzene rings is 1. The Labute approximate surface area is 124 Å². The predicted molar refractivity (Wildman–Crippen MR) is 73.3 cm³/mol. The van der Waals surface area contributed by atoms with Crippen molar-refractivity contribution >= 4 is 17.7 Å². The Bertz CT molecular complexity index is 672. The molecule has 0 saturated heterocycles. The zero-order valence-electron chi connectivity index (χ0n) is 10.9. The SMILES string of the molecule is C/C=C/c1ccccc1Oc1cc(Cl)nc(C(F)(F)F)n1. The number of hydrogen-bond donors (Lipinski definition) is 0. The smallest absolute Gasteiger partial charge is 0.438 e. The molecule has 0 bridgehead atoms. The summed E-state index contributed by atoms with van der Waals surface area (Å²) in [6.45, 7) is 1.82. The molecule has 1 aromatic carbocycles. The molecule has 2 aromatic rings. The van der Waals surface area contributed by atoms with Crippen LogP contribution in [-0.2, 0) is 6.18 Å². The second kappa shape index (κ2) is 6.13. The van der Waals surface area contributed by atoms with Crippen molar-refractivity contribution in [3.63, 3.8) is 0 Å². The van der Waals surface area contributed by atoms with Crippen LogP contribution in [0.2, 0.25) is 5.15 Å². The fourth-order valence-corrected chi connectivity index (χ4v) is 1.75. The van der Waals surface area contributed by atoms with Gasteiger partial charge >= 0.3 is 6.18 Å². The first kappa shape index (κ1) is 15.3. The lowest BCUT2D eigenvalue weighted by molar-refractivity contribution is -0.145. The number of allylic oxidation sites excluding steroid dienone is 1. The normalized spacial score (nSPS) is 11.9. The fraction of sp³-hybridized carbons (Fsp3) is 0.143. The molecule has 0 atom stereocenters. The van der Waals surface area contributed by atoms with Crippen molar-refractivity contribution in [2.45, 2.75) is 13.1 Å². The van der Waals surface area contributed by atoms with Crippen LogP contribution in [-0.4, -0.2) is 9.97 Å². The Morgan fingerprint density at radius 1 is 1.19 bits per heavy atom. The van der Waals surface area contributed by atoms with Gasteiger partial charge in [0.2, 0.25) is 11.7 Å². The molecule has 0 amide bonds. The van der Waals surface area contributed by atoms with Gasteiger partial charge in [-0.25, -0.2) is 4.98 Å². The molecule has 0 spiro atoms. The lowest BCUT2D eigenvalue weighted by Gasteiger charge is -2.10. The molecule has 110 valence electrons. The molecule has 0 fully saturated rings. The molecule has 0 aliphatic carbocycles. The first-order valence-corrected chi connectivity index (χ1v) is 6.29. The van der Waals surface area contributed by atoms with Gasteiger partial charge in [-0.3, -0.25) is 0 Å². The summed E-state index contributed by atoms with van der Waals surface area (Å²) < 4.78 is 43.3. The van der Waals surface area contributed by atoms with Gasteiger partial charge in [-0.2, -0.15) is 18.2 Å². The van der Waals surface area contributed by atoms with Crippen LogP contribution in [0.25, 0.3) is 6.08 Å². The molecule has 2 rings (SSSR count). The van der Waals surface area contributed by atoms with E-state index in [1.807, 2.05) is 6.92 Å². The van der Waals surface area contributed by atoms with Crippen molar-refractivity contribution in [2.75, 3.05) is 0 Å². The summed E-state index contributed by atoms with van der Waals surface area (Å²) in [7, 11) is 0. The fourth-order valence-electron chi connectivity index (χ4n) is 1.58. The van der Waals surface area contributed by atoms with Gasteiger partial charge in [0.05, 0.1) is 0 Å². The van der Waals surface area contributed by atoms with E-state index < -0.39 is 12.0 Å². The first-order valence-electron chi connectivity index (χ1n) is 5.91. The molecule has 0 radical (unpaired) electrons. The molecule has 7 heteroatoms. The van der Waals surface area contributed by atoms with E-state index >= 15 is 0 Å². The van der Waals surface area contributed by atoms with Crippen molar-refractivity contribution in [3.8, 4) is 11.6 Å². The molecular weight excluding hydrogens is 305 g/mol. The summed E-state index contributed by atoms with van der Waals surface area (Å²) in [5.41, 5.74) is 0.711. The highest BCUT2D eigenvalue weighted by molar-refractivity contribution is 6.29. The zero-order chi connectivity index (χ0) is 15.5. The van der Waals surface area contributed by atoms with Crippen LogP contribution in [0.5, 0.6) is 11.6 Å². The van der Waals surface area contributed by atoms with E-state index in [1.54, 1.807) is 36.4 Å². The average Bonchev–Trinajstić information content (AvgIpc) is 2.40. The van der Waals surface area contributed by atoms with Gasteiger partial charge < -0.3 is 4.74 Å². The van der Waals surface area contributed by atoms with Crippen LogP contribution in [0.1, 0.15) is 18.3 Å². The molecular formula is C14H10ClF3N2O. The van der Waals surface area contributed by atoms with Gasteiger partial charge in [-0.05, 0) is 13.0 Å².